The Labute approximate surface area is 197 Å². The van der Waals surface area contributed by atoms with E-state index in [9.17, 15) is 4.79 Å². The van der Waals surface area contributed by atoms with Crippen molar-refractivity contribution >= 4 is 11.6 Å². The Kier molecular flexibility index (Phi) is 7.57. The molecular formula is C26H39N3O4. The van der Waals surface area contributed by atoms with Gasteiger partial charge in [0.05, 0.1) is 5.69 Å². The highest BCUT2D eigenvalue weighted by Gasteiger charge is 2.27. The van der Waals surface area contributed by atoms with Crippen LogP contribution >= 0.6 is 0 Å². The molecule has 0 radical (unpaired) electrons. The van der Waals surface area contributed by atoms with Gasteiger partial charge in [-0.25, -0.2) is 0 Å². The van der Waals surface area contributed by atoms with Crippen LogP contribution in [0.15, 0.2) is 18.2 Å². The molecule has 7 nitrogen and oxygen atoms in total. The lowest BCUT2D eigenvalue weighted by Crippen LogP contribution is -2.47. The molecule has 3 heterocycles. The van der Waals surface area contributed by atoms with Gasteiger partial charge in [-0.1, -0.05) is 6.07 Å². The Balaban J connectivity index is 0.980. The molecule has 1 amide bonds. The number of para-hydroxylation sites is 1. The van der Waals surface area contributed by atoms with E-state index in [0.29, 0.717) is 25.2 Å². The lowest BCUT2D eigenvalue weighted by molar-refractivity contribution is -0.124. The number of rotatable bonds is 7. The van der Waals surface area contributed by atoms with Crippen LogP contribution in [0.25, 0.3) is 0 Å². The van der Waals surface area contributed by atoms with Crippen LogP contribution in [0.4, 0.5) is 5.69 Å². The summed E-state index contributed by atoms with van der Waals surface area (Å²) in [5.74, 6) is 3.21. The molecule has 0 unspecified atom stereocenters. The summed E-state index contributed by atoms with van der Waals surface area (Å²) in [5, 5.41) is 3.30. The zero-order chi connectivity index (χ0) is 22.5. The fourth-order valence-electron chi connectivity index (χ4n) is 5.85. The molecule has 1 atom stereocenters. The second-order valence-electron chi connectivity index (χ2n) is 10.2. The monoisotopic (exact) mass is 457 g/mol. The van der Waals surface area contributed by atoms with E-state index in [1.54, 1.807) is 0 Å². The van der Waals surface area contributed by atoms with Gasteiger partial charge < -0.3 is 24.4 Å². The first-order valence-corrected chi connectivity index (χ1v) is 13.0. The Morgan fingerprint density at radius 3 is 2.64 bits per heavy atom. The van der Waals surface area contributed by atoms with E-state index in [-0.39, 0.29) is 5.91 Å². The second kappa shape index (κ2) is 11.0. The third-order valence-electron chi connectivity index (χ3n) is 7.88. The predicted molar refractivity (Wildman–Crippen MR) is 128 cm³/mol. The molecule has 1 saturated carbocycles. The van der Waals surface area contributed by atoms with Crippen LogP contribution in [0.5, 0.6) is 11.5 Å². The minimum atomic E-state index is 0.229. The molecule has 2 saturated heterocycles. The molecule has 1 N–H and O–H groups in total. The topological polar surface area (TPSA) is 63.3 Å². The third-order valence-corrected chi connectivity index (χ3v) is 7.88. The maximum absolute atomic E-state index is 12.4. The van der Waals surface area contributed by atoms with Gasteiger partial charge in [-0.15, -0.1) is 0 Å². The Morgan fingerprint density at radius 2 is 1.85 bits per heavy atom. The van der Waals surface area contributed by atoms with E-state index in [4.69, 9.17) is 14.2 Å². The smallest absolute Gasteiger partial charge is 0.231 e. The second-order valence-corrected chi connectivity index (χ2v) is 10.2. The molecule has 7 heteroatoms. The normalized spacial score (nSPS) is 28.0. The number of hydrogen-bond acceptors (Lipinski definition) is 6. The number of amides is 1. The van der Waals surface area contributed by atoms with Gasteiger partial charge in [0.25, 0.3) is 0 Å². The van der Waals surface area contributed by atoms with Crippen molar-refractivity contribution in [1.82, 2.24) is 10.2 Å². The zero-order valence-corrected chi connectivity index (χ0v) is 19.8. The number of hydrogen-bond donors (Lipinski definition) is 1. The molecule has 3 aliphatic heterocycles. The number of piperazine rings is 1. The number of benzene rings is 1. The number of nitrogens with zero attached hydrogens (tertiary/aromatic N) is 2. The van der Waals surface area contributed by atoms with Crippen molar-refractivity contribution in [2.24, 2.45) is 11.8 Å². The molecule has 5 rings (SSSR count). The zero-order valence-electron chi connectivity index (χ0n) is 19.8. The maximum Gasteiger partial charge on any atom is 0.231 e. The number of carbonyl (C=O) groups is 1. The van der Waals surface area contributed by atoms with Gasteiger partial charge >= 0.3 is 0 Å². The number of ether oxygens (including phenoxy) is 3. The van der Waals surface area contributed by atoms with Crippen molar-refractivity contribution in [2.75, 3.05) is 57.6 Å². The molecule has 1 aromatic rings. The minimum absolute atomic E-state index is 0.229. The fraction of sp³-hybridized carbons (Fsp3) is 0.731. The van der Waals surface area contributed by atoms with Crippen LogP contribution in [0.3, 0.4) is 0 Å². The highest BCUT2D eigenvalue weighted by atomic mass is 16.7. The first-order chi connectivity index (χ1) is 16.2. The van der Waals surface area contributed by atoms with Gasteiger partial charge in [0.15, 0.2) is 11.5 Å². The minimum Gasteiger partial charge on any atom is -0.454 e. The summed E-state index contributed by atoms with van der Waals surface area (Å²) in [7, 11) is 0. The van der Waals surface area contributed by atoms with Gasteiger partial charge in [0.1, 0.15) is 0 Å². The van der Waals surface area contributed by atoms with Crippen molar-refractivity contribution in [1.29, 1.82) is 0 Å². The molecule has 1 aliphatic carbocycles. The van der Waals surface area contributed by atoms with E-state index in [2.05, 4.69) is 27.2 Å². The molecule has 0 aromatic heterocycles. The predicted octanol–water partition coefficient (Wildman–Crippen LogP) is 3.42. The average Bonchev–Trinajstić information content (AvgIpc) is 3.34. The summed E-state index contributed by atoms with van der Waals surface area (Å²) in [5.41, 5.74) is 1.17. The number of anilines is 1. The van der Waals surface area contributed by atoms with Crippen LogP contribution in [0, 0.1) is 11.8 Å². The van der Waals surface area contributed by atoms with Crippen molar-refractivity contribution in [3.63, 3.8) is 0 Å². The first kappa shape index (κ1) is 22.8. The van der Waals surface area contributed by atoms with Gasteiger partial charge in [-0.05, 0) is 75.5 Å². The standard InChI is InChI=1S/C26H39N3O4/c30-25(17-21-3-2-16-31-18-21)27-22-8-6-20(7-9-22)10-11-28-12-14-29(15-13-28)23-4-1-5-24-26(23)33-19-32-24/h1,4-5,20-22H,2-3,6-19H2,(H,27,30)/t20-,21-,22-/m1/s1. The molecule has 3 fully saturated rings. The van der Waals surface area contributed by atoms with Gasteiger partial charge in [-0.3, -0.25) is 9.69 Å². The van der Waals surface area contributed by atoms with E-state index in [1.165, 1.54) is 31.5 Å². The van der Waals surface area contributed by atoms with Crippen LogP contribution in [-0.2, 0) is 9.53 Å². The highest BCUT2D eigenvalue weighted by molar-refractivity contribution is 5.76. The lowest BCUT2D eigenvalue weighted by atomic mass is 9.84. The third kappa shape index (κ3) is 5.93. The maximum atomic E-state index is 12.4. The number of carbonyl (C=O) groups excluding carboxylic acids is 1. The largest absolute Gasteiger partial charge is 0.454 e. The SMILES string of the molecule is O=C(C[C@H]1CCCOC1)N[C@H]1CC[C@H](CCN2CCN(c3cccc4c3OCO4)CC2)CC1. The molecule has 0 bridgehead atoms. The molecule has 1 aromatic carbocycles. The van der Waals surface area contributed by atoms with Crippen LogP contribution in [-0.4, -0.2) is 69.6 Å². The summed E-state index contributed by atoms with van der Waals surface area (Å²) < 4.78 is 16.7. The van der Waals surface area contributed by atoms with E-state index < -0.39 is 0 Å². The summed E-state index contributed by atoms with van der Waals surface area (Å²) in [6.45, 7) is 7.38. The summed E-state index contributed by atoms with van der Waals surface area (Å²) in [6, 6.07) is 6.55. The fourth-order valence-corrected chi connectivity index (χ4v) is 5.85. The van der Waals surface area contributed by atoms with Crippen LogP contribution in [0.1, 0.15) is 51.4 Å². The Bertz CT molecular complexity index is 782. The van der Waals surface area contributed by atoms with Crippen molar-refractivity contribution in [2.45, 2.75) is 57.4 Å². The number of nitrogens with one attached hydrogen (secondary N) is 1. The summed E-state index contributed by atoms with van der Waals surface area (Å²) in [6.07, 6.45) is 8.88. The van der Waals surface area contributed by atoms with E-state index in [1.807, 2.05) is 6.07 Å². The van der Waals surface area contributed by atoms with Crippen molar-refractivity contribution in [3.8, 4) is 11.5 Å². The van der Waals surface area contributed by atoms with Gasteiger partial charge in [-0.2, -0.15) is 0 Å². The van der Waals surface area contributed by atoms with Crippen LogP contribution in [0.2, 0.25) is 0 Å². The molecular weight excluding hydrogens is 418 g/mol. The van der Waals surface area contributed by atoms with Gasteiger partial charge in [0, 0.05) is 51.9 Å². The molecule has 0 spiro atoms. The molecule has 4 aliphatic rings. The highest BCUT2D eigenvalue weighted by Crippen LogP contribution is 2.41. The Hall–Kier alpha value is -1.99. The van der Waals surface area contributed by atoms with E-state index >= 15 is 0 Å². The average molecular weight is 458 g/mol. The Morgan fingerprint density at radius 1 is 1.00 bits per heavy atom. The van der Waals surface area contributed by atoms with Gasteiger partial charge in [0.2, 0.25) is 12.7 Å². The lowest BCUT2D eigenvalue weighted by Gasteiger charge is -2.37. The van der Waals surface area contributed by atoms with Crippen LogP contribution < -0.4 is 19.7 Å². The molecule has 33 heavy (non-hydrogen) atoms. The van der Waals surface area contributed by atoms with Crippen molar-refractivity contribution in [3.05, 3.63) is 18.2 Å². The summed E-state index contributed by atoms with van der Waals surface area (Å²) in [4.78, 5) is 17.4. The van der Waals surface area contributed by atoms with Crippen molar-refractivity contribution < 1.29 is 19.0 Å². The molecule has 182 valence electrons. The number of fused-ring (bicyclic) bond motifs is 1. The quantitative estimate of drug-likeness (QED) is 0.677. The van der Waals surface area contributed by atoms with E-state index in [0.717, 1.165) is 82.5 Å². The summed E-state index contributed by atoms with van der Waals surface area (Å²) >= 11 is 0. The first-order valence-electron chi connectivity index (χ1n) is 13.0.